The third kappa shape index (κ3) is 2.82. The lowest BCUT2D eigenvalue weighted by atomic mass is 9.83. The zero-order valence-corrected chi connectivity index (χ0v) is 9.78. The highest BCUT2D eigenvalue weighted by atomic mass is 16.1. The van der Waals surface area contributed by atoms with E-state index in [1.807, 2.05) is 18.2 Å². The molecule has 1 unspecified atom stereocenters. The third-order valence-corrected chi connectivity index (χ3v) is 3.32. The van der Waals surface area contributed by atoms with Gasteiger partial charge in [-0.25, -0.2) is 0 Å². The van der Waals surface area contributed by atoms with Crippen molar-refractivity contribution in [1.29, 1.82) is 0 Å². The maximum Gasteiger partial charge on any atom is 0.133 e. The molecule has 1 saturated carbocycles. The lowest BCUT2D eigenvalue weighted by molar-refractivity contribution is -0.121. The first-order valence-corrected chi connectivity index (χ1v) is 6.00. The molecule has 0 bridgehead atoms. The van der Waals surface area contributed by atoms with Gasteiger partial charge in [-0.05, 0) is 31.2 Å². The highest BCUT2D eigenvalue weighted by molar-refractivity contribution is 5.80. The maximum absolute atomic E-state index is 11.4. The number of benzene rings is 1. The van der Waals surface area contributed by atoms with Crippen molar-refractivity contribution >= 4 is 11.9 Å². The number of Topliss-reactive ketones (excluding diaryl/α,β-unsaturated/α-hetero) is 1. The van der Waals surface area contributed by atoms with Crippen LogP contribution in [0.25, 0.3) is 6.08 Å². The Morgan fingerprint density at radius 3 is 2.75 bits per heavy atom. The molecule has 0 heterocycles. The van der Waals surface area contributed by atoms with Gasteiger partial charge >= 0.3 is 0 Å². The van der Waals surface area contributed by atoms with Gasteiger partial charge < -0.3 is 0 Å². The number of ketones is 1. The van der Waals surface area contributed by atoms with E-state index in [9.17, 15) is 4.79 Å². The molecule has 16 heavy (non-hydrogen) atoms. The average Bonchev–Trinajstić information content (AvgIpc) is 2.30. The van der Waals surface area contributed by atoms with E-state index in [1.54, 1.807) is 0 Å². The predicted octanol–water partition coefficient (Wildman–Crippen LogP) is 3.85. The Balaban J connectivity index is 2.09. The quantitative estimate of drug-likeness (QED) is 0.730. The first kappa shape index (κ1) is 11.1. The van der Waals surface area contributed by atoms with Gasteiger partial charge in [0.15, 0.2) is 0 Å². The van der Waals surface area contributed by atoms with E-state index < -0.39 is 0 Å². The largest absolute Gasteiger partial charge is 0.300 e. The SMILES string of the molecule is C/C(=C/c1ccccc1)C1CCCC(=O)C1. The van der Waals surface area contributed by atoms with Gasteiger partial charge in [0.2, 0.25) is 0 Å². The van der Waals surface area contributed by atoms with Crippen LogP contribution < -0.4 is 0 Å². The zero-order chi connectivity index (χ0) is 11.4. The molecular formula is C15H18O. The number of carbonyl (C=O) groups excluding carboxylic acids is 1. The molecule has 1 aromatic carbocycles. The lowest BCUT2D eigenvalue weighted by Gasteiger charge is -2.21. The molecule has 0 amide bonds. The molecule has 0 radical (unpaired) electrons. The Bertz CT molecular complexity index is 389. The van der Waals surface area contributed by atoms with E-state index in [4.69, 9.17) is 0 Å². The lowest BCUT2D eigenvalue weighted by Crippen LogP contribution is -2.15. The second-order valence-electron chi connectivity index (χ2n) is 4.63. The van der Waals surface area contributed by atoms with Crippen LogP contribution in [0.3, 0.4) is 0 Å². The van der Waals surface area contributed by atoms with Crippen LogP contribution in [0.2, 0.25) is 0 Å². The summed E-state index contributed by atoms with van der Waals surface area (Å²) in [5, 5.41) is 0. The van der Waals surface area contributed by atoms with Crippen molar-refractivity contribution in [3.05, 3.63) is 41.5 Å². The van der Waals surface area contributed by atoms with Crippen LogP contribution in [0.1, 0.15) is 38.2 Å². The minimum absolute atomic E-state index is 0.428. The molecule has 1 fully saturated rings. The second kappa shape index (κ2) is 5.11. The molecule has 1 aromatic rings. The average molecular weight is 214 g/mol. The Kier molecular flexibility index (Phi) is 3.55. The summed E-state index contributed by atoms with van der Waals surface area (Å²) in [6.45, 7) is 2.15. The van der Waals surface area contributed by atoms with E-state index in [2.05, 4.69) is 25.1 Å². The second-order valence-corrected chi connectivity index (χ2v) is 4.63. The van der Waals surface area contributed by atoms with Crippen molar-refractivity contribution in [2.45, 2.75) is 32.6 Å². The third-order valence-electron chi connectivity index (χ3n) is 3.32. The molecule has 1 nitrogen and oxygen atoms in total. The number of rotatable bonds is 2. The molecule has 0 N–H and O–H groups in total. The molecule has 1 aliphatic carbocycles. The first-order chi connectivity index (χ1) is 7.75. The number of allylic oxidation sites excluding steroid dienone is 1. The summed E-state index contributed by atoms with van der Waals surface area (Å²) < 4.78 is 0. The van der Waals surface area contributed by atoms with Gasteiger partial charge in [-0.2, -0.15) is 0 Å². The summed E-state index contributed by atoms with van der Waals surface area (Å²) in [4.78, 5) is 11.4. The van der Waals surface area contributed by atoms with Gasteiger partial charge in [0, 0.05) is 12.8 Å². The fourth-order valence-electron chi connectivity index (χ4n) is 2.34. The molecule has 0 aliphatic heterocycles. The minimum Gasteiger partial charge on any atom is -0.300 e. The summed E-state index contributed by atoms with van der Waals surface area (Å²) in [6, 6.07) is 10.3. The van der Waals surface area contributed by atoms with Crippen LogP contribution in [0.4, 0.5) is 0 Å². The highest BCUT2D eigenvalue weighted by Crippen LogP contribution is 2.28. The van der Waals surface area contributed by atoms with Gasteiger partial charge in [0.25, 0.3) is 0 Å². The summed E-state index contributed by atoms with van der Waals surface area (Å²) in [5.74, 6) is 0.901. The van der Waals surface area contributed by atoms with Crippen molar-refractivity contribution in [1.82, 2.24) is 0 Å². The Labute approximate surface area is 97.2 Å². The van der Waals surface area contributed by atoms with Gasteiger partial charge in [-0.3, -0.25) is 4.79 Å². The maximum atomic E-state index is 11.4. The molecule has 0 saturated heterocycles. The highest BCUT2D eigenvalue weighted by Gasteiger charge is 2.20. The van der Waals surface area contributed by atoms with Gasteiger partial charge in [-0.15, -0.1) is 0 Å². The number of hydrogen-bond acceptors (Lipinski definition) is 1. The van der Waals surface area contributed by atoms with E-state index in [1.165, 1.54) is 17.6 Å². The molecule has 84 valence electrons. The van der Waals surface area contributed by atoms with Crippen LogP contribution >= 0.6 is 0 Å². The van der Waals surface area contributed by atoms with Crippen molar-refractivity contribution in [3.8, 4) is 0 Å². The van der Waals surface area contributed by atoms with Gasteiger partial charge in [0.1, 0.15) is 5.78 Å². The molecule has 0 spiro atoms. The van der Waals surface area contributed by atoms with Gasteiger partial charge in [-0.1, -0.05) is 42.0 Å². The summed E-state index contributed by atoms with van der Waals surface area (Å²) in [7, 11) is 0. The fourth-order valence-corrected chi connectivity index (χ4v) is 2.34. The van der Waals surface area contributed by atoms with Gasteiger partial charge in [0.05, 0.1) is 0 Å². The smallest absolute Gasteiger partial charge is 0.133 e. The summed E-state index contributed by atoms with van der Waals surface area (Å²) >= 11 is 0. The van der Waals surface area contributed by atoms with Crippen molar-refractivity contribution in [2.24, 2.45) is 5.92 Å². The molecule has 1 heteroatoms. The van der Waals surface area contributed by atoms with Crippen molar-refractivity contribution < 1.29 is 4.79 Å². The van der Waals surface area contributed by atoms with E-state index in [0.29, 0.717) is 11.7 Å². The summed E-state index contributed by atoms with van der Waals surface area (Å²) in [5.41, 5.74) is 2.58. The van der Waals surface area contributed by atoms with E-state index >= 15 is 0 Å². The van der Waals surface area contributed by atoms with Crippen LogP contribution in [0, 0.1) is 5.92 Å². The van der Waals surface area contributed by atoms with Crippen LogP contribution in [-0.4, -0.2) is 5.78 Å². The molecule has 1 atom stereocenters. The van der Waals surface area contributed by atoms with Crippen LogP contribution in [0.15, 0.2) is 35.9 Å². The number of carbonyl (C=O) groups is 1. The monoisotopic (exact) mass is 214 g/mol. The molecule has 1 aliphatic rings. The van der Waals surface area contributed by atoms with Crippen molar-refractivity contribution in [2.75, 3.05) is 0 Å². The van der Waals surface area contributed by atoms with Crippen LogP contribution in [0.5, 0.6) is 0 Å². The molecule has 0 aromatic heterocycles. The summed E-state index contributed by atoms with van der Waals surface area (Å²) in [6.07, 6.45) is 5.97. The van der Waals surface area contributed by atoms with E-state index in [0.717, 1.165) is 19.3 Å². The zero-order valence-electron chi connectivity index (χ0n) is 9.78. The number of hydrogen-bond donors (Lipinski definition) is 0. The topological polar surface area (TPSA) is 17.1 Å². The fraction of sp³-hybridized carbons (Fsp3) is 0.400. The Hall–Kier alpha value is -1.37. The minimum atomic E-state index is 0.428. The predicted molar refractivity (Wildman–Crippen MR) is 67.1 cm³/mol. The first-order valence-electron chi connectivity index (χ1n) is 6.00. The molecular weight excluding hydrogens is 196 g/mol. The molecule has 2 rings (SSSR count). The Morgan fingerprint density at radius 2 is 2.06 bits per heavy atom. The van der Waals surface area contributed by atoms with Crippen molar-refractivity contribution in [3.63, 3.8) is 0 Å². The standard InChI is InChI=1S/C15H18O/c1-12(10-13-6-3-2-4-7-13)14-8-5-9-15(16)11-14/h2-4,6-7,10,14H,5,8-9,11H2,1H3/b12-10-. The van der Waals surface area contributed by atoms with E-state index in [-0.39, 0.29) is 0 Å². The Morgan fingerprint density at radius 1 is 1.31 bits per heavy atom. The normalized spacial score (nSPS) is 22.2. The van der Waals surface area contributed by atoms with Crippen LogP contribution in [-0.2, 0) is 4.79 Å².